The van der Waals surface area contributed by atoms with Crippen molar-refractivity contribution in [1.82, 2.24) is 0 Å². The van der Waals surface area contributed by atoms with Crippen LogP contribution in [0.1, 0.15) is 18.1 Å². The van der Waals surface area contributed by atoms with E-state index in [1.807, 2.05) is 6.92 Å². The molecule has 0 aromatic heterocycles. The SMILES string of the molecule is CC1Cc2cccc3c2N(CC3)C(=O)O1. The molecule has 1 aromatic rings. The van der Waals surface area contributed by atoms with Gasteiger partial charge in [-0.3, -0.25) is 4.90 Å². The molecule has 1 amide bonds. The van der Waals surface area contributed by atoms with E-state index in [1.54, 1.807) is 4.90 Å². The number of rotatable bonds is 0. The molecule has 15 heavy (non-hydrogen) atoms. The Bertz CT molecular complexity index is 428. The molecule has 0 aliphatic carbocycles. The second-order valence-corrected chi connectivity index (χ2v) is 4.23. The molecule has 1 aromatic carbocycles. The van der Waals surface area contributed by atoms with E-state index in [0.29, 0.717) is 0 Å². The van der Waals surface area contributed by atoms with Crippen LogP contribution in [-0.4, -0.2) is 18.7 Å². The third kappa shape index (κ3) is 1.23. The summed E-state index contributed by atoms with van der Waals surface area (Å²) in [4.78, 5) is 13.5. The summed E-state index contributed by atoms with van der Waals surface area (Å²) in [6.45, 7) is 2.71. The highest BCUT2D eigenvalue weighted by Gasteiger charge is 2.32. The van der Waals surface area contributed by atoms with Crippen LogP contribution in [0, 0.1) is 0 Å². The molecule has 1 unspecified atom stereocenters. The van der Waals surface area contributed by atoms with Crippen LogP contribution < -0.4 is 4.90 Å². The van der Waals surface area contributed by atoms with Gasteiger partial charge in [-0.25, -0.2) is 4.79 Å². The molecule has 1 atom stereocenters. The van der Waals surface area contributed by atoms with Crippen LogP contribution in [0.15, 0.2) is 18.2 Å². The number of cyclic esters (lactones) is 1. The summed E-state index contributed by atoms with van der Waals surface area (Å²) in [5, 5.41) is 0. The van der Waals surface area contributed by atoms with Crippen molar-refractivity contribution in [3.63, 3.8) is 0 Å². The van der Waals surface area contributed by atoms with Gasteiger partial charge in [-0.05, 0) is 24.5 Å². The molecule has 0 spiro atoms. The molecule has 0 saturated carbocycles. The van der Waals surface area contributed by atoms with E-state index in [-0.39, 0.29) is 12.2 Å². The van der Waals surface area contributed by atoms with Crippen molar-refractivity contribution in [2.75, 3.05) is 11.4 Å². The topological polar surface area (TPSA) is 29.5 Å². The molecule has 3 heteroatoms. The zero-order chi connectivity index (χ0) is 10.4. The minimum Gasteiger partial charge on any atom is -0.446 e. The fraction of sp³-hybridized carbons (Fsp3) is 0.417. The van der Waals surface area contributed by atoms with E-state index in [2.05, 4.69) is 18.2 Å². The predicted octanol–water partition coefficient (Wildman–Crippen LogP) is 2.13. The Kier molecular flexibility index (Phi) is 1.75. The number of hydrogen-bond acceptors (Lipinski definition) is 2. The number of ether oxygens (including phenoxy) is 1. The first kappa shape index (κ1) is 8.77. The van der Waals surface area contributed by atoms with Crippen molar-refractivity contribution in [1.29, 1.82) is 0 Å². The largest absolute Gasteiger partial charge is 0.446 e. The summed E-state index contributed by atoms with van der Waals surface area (Å²) in [6.07, 6.45) is 1.57. The third-order valence-electron chi connectivity index (χ3n) is 3.11. The number of nitrogens with zero attached hydrogens (tertiary/aromatic N) is 1. The lowest BCUT2D eigenvalue weighted by atomic mass is 10.0. The van der Waals surface area contributed by atoms with E-state index in [4.69, 9.17) is 4.74 Å². The van der Waals surface area contributed by atoms with Gasteiger partial charge >= 0.3 is 6.09 Å². The molecule has 2 heterocycles. The Hall–Kier alpha value is -1.51. The summed E-state index contributed by atoms with van der Waals surface area (Å²) < 4.78 is 5.32. The highest BCUT2D eigenvalue weighted by molar-refractivity contribution is 5.92. The molecule has 2 aliphatic rings. The Morgan fingerprint density at radius 2 is 2.20 bits per heavy atom. The van der Waals surface area contributed by atoms with Crippen molar-refractivity contribution in [3.05, 3.63) is 29.3 Å². The first-order chi connectivity index (χ1) is 7.25. The summed E-state index contributed by atoms with van der Waals surface area (Å²) in [5.41, 5.74) is 3.62. The summed E-state index contributed by atoms with van der Waals surface area (Å²) in [6, 6.07) is 6.26. The Morgan fingerprint density at radius 1 is 1.40 bits per heavy atom. The number of carbonyl (C=O) groups is 1. The van der Waals surface area contributed by atoms with Gasteiger partial charge in [-0.2, -0.15) is 0 Å². The van der Waals surface area contributed by atoms with Gasteiger partial charge in [0, 0.05) is 13.0 Å². The number of benzene rings is 1. The van der Waals surface area contributed by atoms with Gasteiger partial charge in [0.2, 0.25) is 0 Å². The zero-order valence-corrected chi connectivity index (χ0v) is 8.69. The summed E-state index contributed by atoms with van der Waals surface area (Å²) >= 11 is 0. The number of amides is 1. The number of hydrogen-bond donors (Lipinski definition) is 0. The van der Waals surface area contributed by atoms with Gasteiger partial charge in [-0.1, -0.05) is 18.2 Å². The average molecular weight is 203 g/mol. The first-order valence-electron chi connectivity index (χ1n) is 5.34. The van der Waals surface area contributed by atoms with Gasteiger partial charge in [0.15, 0.2) is 0 Å². The Balaban J connectivity index is 2.18. The average Bonchev–Trinajstić information content (AvgIpc) is 2.56. The molecule has 0 fully saturated rings. The Labute approximate surface area is 88.6 Å². The minimum atomic E-state index is -0.189. The van der Waals surface area contributed by atoms with Crippen molar-refractivity contribution >= 4 is 11.8 Å². The maximum atomic E-state index is 11.8. The van der Waals surface area contributed by atoms with Gasteiger partial charge in [0.25, 0.3) is 0 Å². The molecular weight excluding hydrogens is 190 g/mol. The predicted molar refractivity (Wildman–Crippen MR) is 57.1 cm³/mol. The van der Waals surface area contributed by atoms with Crippen LogP contribution in [0.5, 0.6) is 0 Å². The molecule has 0 saturated heterocycles. The molecular formula is C12H13NO2. The van der Waals surface area contributed by atoms with Gasteiger partial charge < -0.3 is 4.74 Å². The smallest absolute Gasteiger partial charge is 0.414 e. The van der Waals surface area contributed by atoms with Crippen LogP contribution in [0.2, 0.25) is 0 Å². The van der Waals surface area contributed by atoms with E-state index < -0.39 is 0 Å². The van der Waals surface area contributed by atoms with Crippen LogP contribution in [0.4, 0.5) is 10.5 Å². The molecule has 78 valence electrons. The van der Waals surface area contributed by atoms with E-state index in [0.717, 1.165) is 25.1 Å². The summed E-state index contributed by atoms with van der Waals surface area (Å²) in [7, 11) is 0. The van der Waals surface area contributed by atoms with Crippen LogP contribution >= 0.6 is 0 Å². The van der Waals surface area contributed by atoms with Crippen molar-refractivity contribution < 1.29 is 9.53 Å². The number of carbonyl (C=O) groups excluding carboxylic acids is 1. The second-order valence-electron chi connectivity index (χ2n) is 4.23. The van der Waals surface area contributed by atoms with Crippen LogP contribution in [0.25, 0.3) is 0 Å². The standard InChI is InChI=1S/C12H13NO2/c1-8-7-10-4-2-3-9-5-6-13(11(9)10)12(14)15-8/h2-4,8H,5-7H2,1H3. The molecule has 0 radical (unpaired) electrons. The lowest BCUT2D eigenvalue weighted by molar-refractivity contribution is 0.117. The molecule has 3 nitrogen and oxygen atoms in total. The van der Waals surface area contributed by atoms with Crippen LogP contribution in [0.3, 0.4) is 0 Å². The normalized spacial score (nSPS) is 23.4. The quantitative estimate of drug-likeness (QED) is 0.646. The number of anilines is 1. The minimum absolute atomic E-state index is 0.0189. The fourth-order valence-electron chi connectivity index (χ4n) is 2.47. The Morgan fingerprint density at radius 3 is 3.07 bits per heavy atom. The van der Waals surface area contributed by atoms with E-state index >= 15 is 0 Å². The van der Waals surface area contributed by atoms with Crippen molar-refractivity contribution in [3.8, 4) is 0 Å². The maximum absolute atomic E-state index is 11.8. The highest BCUT2D eigenvalue weighted by atomic mass is 16.6. The zero-order valence-electron chi connectivity index (χ0n) is 8.69. The van der Waals surface area contributed by atoms with Crippen molar-refractivity contribution in [2.24, 2.45) is 0 Å². The second kappa shape index (κ2) is 2.99. The lowest BCUT2D eigenvalue weighted by Gasteiger charge is -2.15. The highest BCUT2D eigenvalue weighted by Crippen LogP contribution is 2.35. The monoisotopic (exact) mass is 203 g/mol. The lowest BCUT2D eigenvalue weighted by Crippen LogP contribution is -2.30. The molecule has 0 bridgehead atoms. The summed E-state index contributed by atoms with van der Waals surface area (Å²) in [5.74, 6) is 0. The van der Waals surface area contributed by atoms with Crippen LogP contribution in [-0.2, 0) is 17.6 Å². The fourth-order valence-corrected chi connectivity index (χ4v) is 2.47. The van der Waals surface area contributed by atoms with Crippen molar-refractivity contribution in [2.45, 2.75) is 25.9 Å². The van der Waals surface area contributed by atoms with Gasteiger partial charge in [0.05, 0.1) is 5.69 Å². The van der Waals surface area contributed by atoms with Gasteiger partial charge in [-0.15, -0.1) is 0 Å². The molecule has 3 rings (SSSR count). The number of para-hydroxylation sites is 1. The van der Waals surface area contributed by atoms with E-state index in [9.17, 15) is 4.79 Å². The molecule has 0 N–H and O–H groups in total. The molecule has 2 aliphatic heterocycles. The maximum Gasteiger partial charge on any atom is 0.414 e. The van der Waals surface area contributed by atoms with E-state index in [1.165, 1.54) is 11.1 Å². The first-order valence-corrected chi connectivity index (χ1v) is 5.34. The van der Waals surface area contributed by atoms with Gasteiger partial charge in [0.1, 0.15) is 6.10 Å². The third-order valence-corrected chi connectivity index (χ3v) is 3.11.